The van der Waals surface area contributed by atoms with Gasteiger partial charge in [-0.1, -0.05) is 28.1 Å². The third-order valence-electron chi connectivity index (χ3n) is 4.01. The molecule has 0 unspecified atom stereocenters. The van der Waals surface area contributed by atoms with E-state index in [1.54, 1.807) is 18.6 Å². The topological polar surface area (TPSA) is 38.2 Å². The van der Waals surface area contributed by atoms with Crippen molar-refractivity contribution in [2.45, 2.75) is 19.4 Å². The highest BCUT2D eigenvalue weighted by Gasteiger charge is 2.20. The van der Waals surface area contributed by atoms with Crippen LogP contribution in [-0.4, -0.2) is 34.6 Å². The standard InChI is InChI=1S/C17H20BrN3O/c18-16-3-1-2-15(10-16)12-21-8-4-14(5-9-21)13-22-17-11-19-6-7-20-17/h1-3,6-7,10-11,14H,4-5,8-9,12-13H2. The molecule has 2 aromatic rings. The second-order valence-electron chi connectivity index (χ2n) is 5.70. The number of aromatic nitrogens is 2. The summed E-state index contributed by atoms with van der Waals surface area (Å²) >= 11 is 3.53. The van der Waals surface area contributed by atoms with Crippen molar-refractivity contribution in [2.24, 2.45) is 5.92 Å². The lowest BCUT2D eigenvalue weighted by molar-refractivity contribution is 0.134. The fourth-order valence-corrected chi connectivity index (χ4v) is 3.21. The maximum absolute atomic E-state index is 5.72. The van der Waals surface area contributed by atoms with Gasteiger partial charge in [0.1, 0.15) is 0 Å². The van der Waals surface area contributed by atoms with Crippen molar-refractivity contribution in [2.75, 3.05) is 19.7 Å². The maximum Gasteiger partial charge on any atom is 0.232 e. The molecule has 1 fully saturated rings. The van der Waals surface area contributed by atoms with Crippen LogP contribution in [0.1, 0.15) is 18.4 Å². The molecule has 0 amide bonds. The number of hydrogen-bond acceptors (Lipinski definition) is 4. The quantitative estimate of drug-likeness (QED) is 0.816. The van der Waals surface area contributed by atoms with Gasteiger partial charge in [0.15, 0.2) is 0 Å². The number of hydrogen-bond donors (Lipinski definition) is 0. The summed E-state index contributed by atoms with van der Waals surface area (Å²) in [5, 5.41) is 0. The van der Waals surface area contributed by atoms with Crippen molar-refractivity contribution in [1.82, 2.24) is 14.9 Å². The van der Waals surface area contributed by atoms with E-state index in [0.29, 0.717) is 11.8 Å². The van der Waals surface area contributed by atoms with Gasteiger partial charge < -0.3 is 4.74 Å². The Kier molecular flexibility index (Phi) is 5.40. The van der Waals surface area contributed by atoms with Crippen LogP contribution in [0, 0.1) is 5.92 Å². The van der Waals surface area contributed by atoms with E-state index >= 15 is 0 Å². The third-order valence-corrected chi connectivity index (χ3v) is 4.50. The van der Waals surface area contributed by atoms with Crippen molar-refractivity contribution < 1.29 is 4.74 Å². The van der Waals surface area contributed by atoms with Gasteiger partial charge in [-0.25, -0.2) is 4.98 Å². The Balaban J connectivity index is 1.42. The van der Waals surface area contributed by atoms with E-state index in [1.807, 2.05) is 0 Å². The van der Waals surface area contributed by atoms with E-state index in [4.69, 9.17) is 4.74 Å². The molecule has 5 heteroatoms. The normalized spacial score (nSPS) is 16.6. The average Bonchev–Trinajstić information content (AvgIpc) is 2.55. The van der Waals surface area contributed by atoms with E-state index in [2.05, 4.69) is 55.1 Å². The SMILES string of the molecule is Brc1cccc(CN2CCC(COc3cnccn3)CC2)c1. The van der Waals surface area contributed by atoms with E-state index in [-0.39, 0.29) is 0 Å². The fraction of sp³-hybridized carbons (Fsp3) is 0.412. The molecule has 0 atom stereocenters. The Bertz CT molecular complexity index is 585. The largest absolute Gasteiger partial charge is 0.476 e. The highest BCUT2D eigenvalue weighted by Crippen LogP contribution is 2.21. The molecule has 1 aliphatic heterocycles. The molecule has 0 aliphatic carbocycles. The van der Waals surface area contributed by atoms with Crippen molar-refractivity contribution in [1.29, 1.82) is 0 Å². The van der Waals surface area contributed by atoms with E-state index in [1.165, 1.54) is 18.4 Å². The minimum Gasteiger partial charge on any atom is -0.476 e. The second kappa shape index (κ2) is 7.70. The lowest BCUT2D eigenvalue weighted by Gasteiger charge is -2.31. The van der Waals surface area contributed by atoms with Gasteiger partial charge in [0.05, 0.1) is 12.8 Å². The zero-order chi connectivity index (χ0) is 15.2. The van der Waals surface area contributed by atoms with Gasteiger partial charge in [0.25, 0.3) is 0 Å². The lowest BCUT2D eigenvalue weighted by Crippen LogP contribution is -2.35. The number of halogens is 1. The Morgan fingerprint density at radius 2 is 2.09 bits per heavy atom. The first-order valence-corrected chi connectivity index (χ1v) is 8.44. The van der Waals surface area contributed by atoms with Crippen molar-refractivity contribution in [3.63, 3.8) is 0 Å². The van der Waals surface area contributed by atoms with Crippen molar-refractivity contribution >= 4 is 15.9 Å². The lowest BCUT2D eigenvalue weighted by atomic mass is 9.97. The first-order valence-electron chi connectivity index (χ1n) is 7.65. The molecule has 1 aromatic heterocycles. The smallest absolute Gasteiger partial charge is 0.232 e. The van der Waals surface area contributed by atoms with Gasteiger partial charge in [-0.2, -0.15) is 0 Å². The van der Waals surface area contributed by atoms with Gasteiger partial charge in [0.2, 0.25) is 5.88 Å². The van der Waals surface area contributed by atoms with Gasteiger partial charge in [-0.3, -0.25) is 9.88 Å². The molecule has 1 aliphatic rings. The van der Waals surface area contributed by atoms with Crippen molar-refractivity contribution in [3.05, 3.63) is 52.9 Å². The van der Waals surface area contributed by atoms with Crippen molar-refractivity contribution in [3.8, 4) is 5.88 Å². The predicted molar refractivity (Wildman–Crippen MR) is 89.7 cm³/mol. The highest BCUT2D eigenvalue weighted by molar-refractivity contribution is 9.10. The summed E-state index contributed by atoms with van der Waals surface area (Å²) < 4.78 is 6.87. The molecular formula is C17H20BrN3O. The molecule has 4 nitrogen and oxygen atoms in total. The number of likely N-dealkylation sites (tertiary alicyclic amines) is 1. The van der Waals surface area contributed by atoms with Crippen LogP contribution in [0.15, 0.2) is 47.3 Å². The predicted octanol–water partition coefficient (Wildman–Crippen LogP) is 3.53. The molecule has 1 aromatic carbocycles. The summed E-state index contributed by atoms with van der Waals surface area (Å²) in [6.07, 6.45) is 7.34. The van der Waals surface area contributed by atoms with Crippen LogP contribution in [0.5, 0.6) is 5.88 Å². The molecule has 22 heavy (non-hydrogen) atoms. The number of piperidine rings is 1. The molecule has 2 heterocycles. The summed E-state index contributed by atoms with van der Waals surface area (Å²) in [7, 11) is 0. The van der Waals surface area contributed by atoms with Gasteiger partial charge in [-0.05, 0) is 49.5 Å². The van der Waals surface area contributed by atoms with Crippen LogP contribution in [0.2, 0.25) is 0 Å². The van der Waals surface area contributed by atoms with Gasteiger partial charge in [-0.15, -0.1) is 0 Å². The van der Waals surface area contributed by atoms with Crippen LogP contribution in [0.4, 0.5) is 0 Å². The molecule has 0 spiro atoms. The molecular weight excluding hydrogens is 342 g/mol. The molecule has 0 saturated carbocycles. The van der Waals surface area contributed by atoms with E-state index in [0.717, 1.165) is 30.7 Å². The van der Waals surface area contributed by atoms with Crippen LogP contribution in [0.3, 0.4) is 0 Å². The van der Waals surface area contributed by atoms with Crippen LogP contribution in [-0.2, 0) is 6.54 Å². The minimum absolute atomic E-state index is 0.612. The molecule has 0 bridgehead atoms. The van der Waals surface area contributed by atoms with Crippen LogP contribution >= 0.6 is 15.9 Å². The van der Waals surface area contributed by atoms with Gasteiger partial charge >= 0.3 is 0 Å². The zero-order valence-corrected chi connectivity index (χ0v) is 14.1. The van der Waals surface area contributed by atoms with Gasteiger partial charge in [0, 0.05) is 23.4 Å². The summed E-state index contributed by atoms with van der Waals surface area (Å²) in [6, 6.07) is 8.55. The Hall–Kier alpha value is -1.46. The number of rotatable bonds is 5. The summed E-state index contributed by atoms with van der Waals surface area (Å²) in [5.74, 6) is 1.24. The number of nitrogens with zero attached hydrogens (tertiary/aromatic N) is 3. The van der Waals surface area contributed by atoms with Crippen LogP contribution < -0.4 is 4.74 Å². The third kappa shape index (κ3) is 4.52. The first kappa shape index (κ1) is 15.4. The zero-order valence-electron chi connectivity index (χ0n) is 12.5. The molecule has 1 saturated heterocycles. The van der Waals surface area contributed by atoms with E-state index < -0.39 is 0 Å². The summed E-state index contributed by atoms with van der Waals surface area (Å²) in [5.41, 5.74) is 1.36. The average molecular weight is 362 g/mol. The van der Waals surface area contributed by atoms with Crippen LogP contribution in [0.25, 0.3) is 0 Å². The molecule has 0 radical (unpaired) electrons. The number of ether oxygens (including phenoxy) is 1. The molecule has 3 rings (SSSR count). The minimum atomic E-state index is 0.612. The maximum atomic E-state index is 5.72. The fourth-order valence-electron chi connectivity index (χ4n) is 2.77. The molecule has 0 N–H and O–H groups in total. The Morgan fingerprint density at radius 3 is 2.82 bits per heavy atom. The Labute approximate surface area is 139 Å². The van der Waals surface area contributed by atoms with E-state index in [9.17, 15) is 0 Å². The summed E-state index contributed by atoms with van der Waals surface area (Å²) in [4.78, 5) is 10.7. The number of benzene rings is 1. The molecule has 116 valence electrons. The second-order valence-corrected chi connectivity index (χ2v) is 6.62. The highest BCUT2D eigenvalue weighted by atomic mass is 79.9. The summed E-state index contributed by atoms with van der Waals surface area (Å²) in [6.45, 7) is 4.02. The monoisotopic (exact) mass is 361 g/mol. The first-order chi connectivity index (χ1) is 10.8. The Morgan fingerprint density at radius 1 is 1.23 bits per heavy atom.